The van der Waals surface area contributed by atoms with E-state index in [4.69, 9.17) is 5.84 Å². The van der Waals surface area contributed by atoms with Crippen LogP contribution in [0.5, 0.6) is 0 Å². The number of nitrogens with one attached hydrogen (secondary N) is 2. The van der Waals surface area contributed by atoms with Crippen LogP contribution in [0.15, 0.2) is 6.07 Å². The number of carbonyl (C=O) groups excluding carboxylic acids is 2. The van der Waals surface area contributed by atoms with E-state index >= 15 is 0 Å². The van der Waals surface area contributed by atoms with E-state index in [-0.39, 0.29) is 23.7 Å². The molecule has 2 amide bonds. The van der Waals surface area contributed by atoms with Crippen molar-refractivity contribution in [2.45, 2.75) is 38.6 Å². The second-order valence-electron chi connectivity index (χ2n) is 6.05. The predicted molar refractivity (Wildman–Crippen MR) is 78.3 cm³/mol. The van der Waals surface area contributed by atoms with Gasteiger partial charge in [-0.15, -0.1) is 0 Å². The Kier molecular flexibility index (Phi) is 3.82. The first-order chi connectivity index (χ1) is 9.72. The molecular formula is C13H20N6O2. The first-order valence-electron chi connectivity index (χ1n) is 6.65. The third-order valence-corrected chi connectivity index (χ3v) is 3.25. The summed E-state index contributed by atoms with van der Waals surface area (Å²) in [6, 6.07) is 1.00. The molecule has 8 nitrogen and oxygen atoms in total. The van der Waals surface area contributed by atoms with Gasteiger partial charge >= 0.3 is 0 Å². The first-order valence-corrected chi connectivity index (χ1v) is 6.65. The second-order valence-corrected chi connectivity index (χ2v) is 6.05. The van der Waals surface area contributed by atoms with Crippen molar-refractivity contribution in [3.05, 3.63) is 11.9 Å². The summed E-state index contributed by atoms with van der Waals surface area (Å²) in [5.41, 5.74) is 2.21. The summed E-state index contributed by atoms with van der Waals surface area (Å²) in [6.45, 7) is 5.93. The quantitative estimate of drug-likeness (QED) is 0.415. The predicted octanol–water partition coefficient (Wildman–Crippen LogP) is 0.229. The minimum Gasteiger partial charge on any atom is -0.358 e. The average molecular weight is 292 g/mol. The van der Waals surface area contributed by atoms with Gasteiger partial charge in [-0.1, -0.05) is 20.8 Å². The highest BCUT2D eigenvalue weighted by molar-refractivity contribution is 6.06. The van der Waals surface area contributed by atoms with Gasteiger partial charge in [-0.3, -0.25) is 14.5 Å². The lowest BCUT2D eigenvalue weighted by Crippen LogP contribution is -2.32. The third-order valence-electron chi connectivity index (χ3n) is 3.25. The van der Waals surface area contributed by atoms with Crippen LogP contribution in [0.1, 0.15) is 33.0 Å². The van der Waals surface area contributed by atoms with E-state index in [0.717, 1.165) is 4.90 Å². The van der Waals surface area contributed by atoms with Crippen LogP contribution in [-0.4, -0.2) is 39.8 Å². The summed E-state index contributed by atoms with van der Waals surface area (Å²) < 4.78 is 0. The van der Waals surface area contributed by atoms with Gasteiger partial charge in [-0.25, -0.2) is 15.8 Å². The Hall–Kier alpha value is -2.22. The SMILES string of the molecule is CN1C(=O)CC(Nc2cc(NN)nc(C(C)(C)C)n2)C1=O. The highest BCUT2D eigenvalue weighted by Crippen LogP contribution is 2.23. The number of amides is 2. The average Bonchev–Trinajstić information content (AvgIpc) is 2.65. The summed E-state index contributed by atoms with van der Waals surface area (Å²) >= 11 is 0. The van der Waals surface area contributed by atoms with E-state index in [9.17, 15) is 9.59 Å². The highest BCUT2D eigenvalue weighted by Gasteiger charge is 2.36. The van der Waals surface area contributed by atoms with Gasteiger partial charge in [-0.2, -0.15) is 0 Å². The number of carbonyl (C=O) groups is 2. The fraction of sp³-hybridized carbons (Fsp3) is 0.538. The number of likely N-dealkylation sites (N-methyl/N-ethyl adjacent to an activating group) is 1. The number of rotatable bonds is 3. The molecule has 114 valence electrons. The van der Waals surface area contributed by atoms with E-state index in [2.05, 4.69) is 20.7 Å². The molecule has 1 aromatic heterocycles. The molecule has 1 atom stereocenters. The minimum absolute atomic E-state index is 0.121. The first kappa shape index (κ1) is 15.2. The molecule has 1 saturated heterocycles. The van der Waals surface area contributed by atoms with E-state index in [1.807, 2.05) is 20.8 Å². The number of hydrogen-bond donors (Lipinski definition) is 3. The van der Waals surface area contributed by atoms with Crippen LogP contribution in [0, 0.1) is 0 Å². The molecule has 21 heavy (non-hydrogen) atoms. The molecule has 1 fully saturated rings. The minimum atomic E-state index is -0.601. The van der Waals surface area contributed by atoms with E-state index in [1.54, 1.807) is 6.07 Å². The number of nitrogens with zero attached hydrogens (tertiary/aromatic N) is 3. The zero-order chi connectivity index (χ0) is 15.8. The molecule has 1 aliphatic rings. The molecule has 0 spiro atoms. The van der Waals surface area contributed by atoms with Crippen LogP contribution >= 0.6 is 0 Å². The van der Waals surface area contributed by atoms with Crippen LogP contribution in [0.25, 0.3) is 0 Å². The smallest absolute Gasteiger partial charge is 0.251 e. The Morgan fingerprint density at radius 2 is 1.90 bits per heavy atom. The number of nitrogen functional groups attached to an aromatic ring is 1. The summed E-state index contributed by atoms with van der Waals surface area (Å²) in [6.07, 6.45) is 0.121. The molecule has 1 unspecified atom stereocenters. The molecule has 0 bridgehead atoms. The zero-order valence-electron chi connectivity index (χ0n) is 12.6. The lowest BCUT2D eigenvalue weighted by atomic mass is 9.96. The molecule has 4 N–H and O–H groups in total. The van der Waals surface area contributed by atoms with Crippen molar-refractivity contribution in [3.8, 4) is 0 Å². The number of hydrogen-bond acceptors (Lipinski definition) is 7. The molecule has 2 rings (SSSR count). The van der Waals surface area contributed by atoms with Crippen LogP contribution in [0.2, 0.25) is 0 Å². The molecule has 0 saturated carbocycles. The van der Waals surface area contributed by atoms with Crippen LogP contribution < -0.4 is 16.6 Å². The summed E-state index contributed by atoms with van der Waals surface area (Å²) in [5, 5.41) is 2.98. The zero-order valence-corrected chi connectivity index (χ0v) is 12.6. The van der Waals surface area contributed by atoms with Gasteiger partial charge in [-0.05, 0) is 0 Å². The highest BCUT2D eigenvalue weighted by atomic mass is 16.2. The van der Waals surface area contributed by atoms with E-state index in [1.165, 1.54) is 7.05 Å². The van der Waals surface area contributed by atoms with Crippen LogP contribution in [0.4, 0.5) is 11.6 Å². The monoisotopic (exact) mass is 292 g/mol. The molecular weight excluding hydrogens is 272 g/mol. The summed E-state index contributed by atoms with van der Waals surface area (Å²) in [4.78, 5) is 33.3. The van der Waals surface area contributed by atoms with Crippen LogP contribution in [0.3, 0.4) is 0 Å². The van der Waals surface area contributed by atoms with Crippen LogP contribution in [-0.2, 0) is 15.0 Å². The maximum Gasteiger partial charge on any atom is 0.251 e. The molecule has 8 heteroatoms. The van der Waals surface area contributed by atoms with Gasteiger partial charge in [0.2, 0.25) is 5.91 Å². The number of aromatic nitrogens is 2. The molecule has 2 heterocycles. The molecule has 0 radical (unpaired) electrons. The fourth-order valence-corrected chi connectivity index (χ4v) is 1.98. The van der Waals surface area contributed by atoms with E-state index < -0.39 is 6.04 Å². The Labute approximate surface area is 123 Å². The maximum absolute atomic E-state index is 11.9. The standard InChI is InChI=1S/C13H20N6O2/c1-13(2,3)12-16-8(6-9(17-12)18-14)15-7-5-10(20)19(4)11(7)21/h6-7H,5,14H2,1-4H3,(H2,15,16,17,18). The van der Waals surface area contributed by atoms with Crippen molar-refractivity contribution < 1.29 is 9.59 Å². The van der Waals surface area contributed by atoms with Crippen molar-refractivity contribution in [3.63, 3.8) is 0 Å². The Morgan fingerprint density at radius 3 is 2.38 bits per heavy atom. The number of nitrogens with two attached hydrogens (primary N) is 1. The lowest BCUT2D eigenvalue weighted by Gasteiger charge is -2.19. The Morgan fingerprint density at radius 1 is 1.29 bits per heavy atom. The lowest BCUT2D eigenvalue weighted by molar-refractivity contribution is -0.136. The van der Waals surface area contributed by atoms with Crippen molar-refractivity contribution in [1.82, 2.24) is 14.9 Å². The summed E-state index contributed by atoms with van der Waals surface area (Å²) in [7, 11) is 1.47. The Bertz CT molecular complexity index is 581. The van der Waals surface area contributed by atoms with Gasteiger partial charge < -0.3 is 10.7 Å². The number of imide groups is 1. The molecule has 0 aromatic carbocycles. The molecule has 1 aliphatic heterocycles. The topological polar surface area (TPSA) is 113 Å². The van der Waals surface area contributed by atoms with Gasteiger partial charge in [0, 0.05) is 18.5 Å². The molecule has 0 aliphatic carbocycles. The fourth-order valence-electron chi connectivity index (χ4n) is 1.98. The van der Waals surface area contributed by atoms with Crippen molar-refractivity contribution in [2.24, 2.45) is 5.84 Å². The van der Waals surface area contributed by atoms with Gasteiger partial charge in [0.1, 0.15) is 23.5 Å². The summed E-state index contributed by atoms with van der Waals surface area (Å²) in [5.74, 6) is 6.44. The van der Waals surface area contributed by atoms with Crippen molar-refractivity contribution in [1.29, 1.82) is 0 Å². The van der Waals surface area contributed by atoms with Crippen molar-refractivity contribution >= 4 is 23.5 Å². The number of hydrazine groups is 1. The van der Waals surface area contributed by atoms with Gasteiger partial charge in [0.15, 0.2) is 0 Å². The van der Waals surface area contributed by atoms with Gasteiger partial charge in [0.05, 0.1) is 6.42 Å². The van der Waals surface area contributed by atoms with E-state index in [0.29, 0.717) is 17.5 Å². The number of likely N-dealkylation sites (tertiary alicyclic amines) is 1. The third kappa shape index (κ3) is 3.10. The second kappa shape index (κ2) is 5.28. The number of anilines is 2. The molecule has 1 aromatic rings. The largest absolute Gasteiger partial charge is 0.358 e. The normalized spacial score (nSPS) is 19.1. The van der Waals surface area contributed by atoms with Gasteiger partial charge in [0.25, 0.3) is 5.91 Å². The Balaban J connectivity index is 2.28. The van der Waals surface area contributed by atoms with Crippen molar-refractivity contribution in [2.75, 3.05) is 17.8 Å². The maximum atomic E-state index is 11.9.